The second-order valence-electron chi connectivity index (χ2n) is 5.28. The number of nitrogens with one attached hydrogen (secondary N) is 1. The maximum atomic E-state index is 13.0. The Labute approximate surface area is 148 Å². The first kappa shape index (κ1) is 17.2. The third-order valence-corrected chi connectivity index (χ3v) is 4.40. The topological polar surface area (TPSA) is 60.5 Å². The molecule has 1 heterocycles. The Bertz CT molecular complexity index is 882. The van der Waals surface area contributed by atoms with Crippen molar-refractivity contribution in [2.24, 2.45) is 0 Å². The molecule has 1 aromatic heterocycles. The van der Waals surface area contributed by atoms with Gasteiger partial charge in [0.1, 0.15) is 22.8 Å². The van der Waals surface area contributed by atoms with Gasteiger partial charge in [0.25, 0.3) is 0 Å². The van der Waals surface area contributed by atoms with Crippen LogP contribution in [0.2, 0.25) is 0 Å². The monoisotopic (exact) mass is 360 g/mol. The van der Waals surface area contributed by atoms with E-state index in [0.29, 0.717) is 36.1 Å². The van der Waals surface area contributed by atoms with E-state index < -0.39 is 0 Å². The number of hydrogen-bond acceptors (Lipinski definition) is 5. The van der Waals surface area contributed by atoms with E-state index >= 15 is 0 Å². The van der Waals surface area contributed by atoms with Gasteiger partial charge in [-0.05, 0) is 30.7 Å². The molecular weight excluding hydrogens is 343 g/mol. The Kier molecular flexibility index (Phi) is 5.45. The molecular formula is C18H17FN2O3S. The lowest BCUT2D eigenvalue weighted by atomic mass is 10.3. The first-order valence-electron chi connectivity index (χ1n) is 7.77. The molecule has 0 saturated carbocycles. The number of ether oxygens (including phenoxy) is 2. The minimum Gasteiger partial charge on any atom is -0.494 e. The van der Waals surface area contributed by atoms with E-state index in [1.807, 2.05) is 18.2 Å². The molecule has 3 aromatic rings. The Morgan fingerprint density at radius 3 is 2.92 bits per heavy atom. The molecule has 0 aliphatic carbocycles. The van der Waals surface area contributed by atoms with Crippen molar-refractivity contribution in [3.8, 4) is 11.5 Å². The maximum absolute atomic E-state index is 13.0. The number of halogens is 1. The molecule has 25 heavy (non-hydrogen) atoms. The number of benzene rings is 2. The number of nitrogens with zero attached hydrogens (tertiary/aromatic N) is 1. The van der Waals surface area contributed by atoms with Crippen molar-refractivity contribution in [3.63, 3.8) is 0 Å². The van der Waals surface area contributed by atoms with Crippen LogP contribution in [0, 0.1) is 5.82 Å². The number of fused-ring (bicyclic) bond motifs is 1. The molecule has 0 unspecified atom stereocenters. The van der Waals surface area contributed by atoms with Gasteiger partial charge in [0.2, 0.25) is 5.91 Å². The van der Waals surface area contributed by atoms with Crippen molar-refractivity contribution in [2.45, 2.75) is 12.8 Å². The van der Waals surface area contributed by atoms with Gasteiger partial charge in [0.05, 0.1) is 18.4 Å². The number of rotatable bonds is 7. The zero-order valence-corrected chi connectivity index (χ0v) is 14.4. The van der Waals surface area contributed by atoms with E-state index in [2.05, 4.69) is 10.3 Å². The summed E-state index contributed by atoms with van der Waals surface area (Å²) in [6.45, 7) is 0.338. The zero-order valence-electron chi connectivity index (χ0n) is 13.6. The van der Waals surface area contributed by atoms with Gasteiger partial charge in [-0.25, -0.2) is 9.37 Å². The first-order valence-corrected chi connectivity index (χ1v) is 8.59. The second-order valence-corrected chi connectivity index (χ2v) is 6.31. The Morgan fingerprint density at radius 2 is 2.12 bits per heavy atom. The van der Waals surface area contributed by atoms with Crippen LogP contribution in [0.1, 0.15) is 12.8 Å². The van der Waals surface area contributed by atoms with Gasteiger partial charge >= 0.3 is 0 Å². The van der Waals surface area contributed by atoms with Gasteiger partial charge in [-0.15, -0.1) is 0 Å². The van der Waals surface area contributed by atoms with Crippen molar-refractivity contribution >= 4 is 32.6 Å². The first-order chi connectivity index (χ1) is 12.2. The van der Waals surface area contributed by atoms with Gasteiger partial charge in [0, 0.05) is 12.5 Å². The molecule has 130 valence electrons. The molecule has 0 bridgehead atoms. The summed E-state index contributed by atoms with van der Waals surface area (Å²) in [4.78, 5) is 16.4. The third-order valence-electron chi connectivity index (χ3n) is 3.46. The van der Waals surface area contributed by atoms with Crippen molar-refractivity contribution in [1.29, 1.82) is 0 Å². The molecule has 0 spiro atoms. The van der Waals surface area contributed by atoms with Crippen LogP contribution in [-0.2, 0) is 4.79 Å². The summed E-state index contributed by atoms with van der Waals surface area (Å²) < 4.78 is 24.7. The fourth-order valence-electron chi connectivity index (χ4n) is 2.30. The van der Waals surface area contributed by atoms with E-state index in [4.69, 9.17) is 9.47 Å². The van der Waals surface area contributed by atoms with Crippen LogP contribution in [0.4, 0.5) is 9.52 Å². The van der Waals surface area contributed by atoms with Crippen molar-refractivity contribution < 1.29 is 18.7 Å². The minimum atomic E-state index is -0.346. The maximum Gasteiger partial charge on any atom is 0.226 e. The summed E-state index contributed by atoms with van der Waals surface area (Å²) in [5.74, 6) is 0.652. The van der Waals surface area contributed by atoms with E-state index in [-0.39, 0.29) is 11.7 Å². The number of hydrogen-bond donors (Lipinski definition) is 1. The molecule has 0 aliphatic heterocycles. The van der Waals surface area contributed by atoms with Crippen LogP contribution >= 0.6 is 11.3 Å². The molecule has 5 nitrogen and oxygen atoms in total. The predicted octanol–water partition coefficient (Wildman–Crippen LogP) is 4.24. The Hall–Kier alpha value is -2.67. The van der Waals surface area contributed by atoms with Crippen molar-refractivity contribution in [2.75, 3.05) is 19.0 Å². The largest absolute Gasteiger partial charge is 0.494 e. The lowest BCUT2D eigenvalue weighted by molar-refractivity contribution is -0.116. The highest BCUT2D eigenvalue weighted by Gasteiger charge is 2.11. The van der Waals surface area contributed by atoms with Gasteiger partial charge in [-0.1, -0.05) is 23.5 Å². The summed E-state index contributed by atoms with van der Waals surface area (Å²) in [5.41, 5.74) is 0.736. The van der Waals surface area contributed by atoms with Crippen LogP contribution in [0.25, 0.3) is 10.2 Å². The highest BCUT2D eigenvalue weighted by Crippen LogP contribution is 2.32. The highest BCUT2D eigenvalue weighted by atomic mass is 32.1. The second kappa shape index (κ2) is 7.94. The predicted molar refractivity (Wildman–Crippen MR) is 95.9 cm³/mol. The van der Waals surface area contributed by atoms with Gasteiger partial charge < -0.3 is 14.8 Å². The van der Waals surface area contributed by atoms with E-state index in [9.17, 15) is 9.18 Å². The zero-order chi connectivity index (χ0) is 17.6. The Morgan fingerprint density at radius 1 is 1.28 bits per heavy atom. The van der Waals surface area contributed by atoms with Crippen molar-refractivity contribution in [1.82, 2.24) is 4.98 Å². The van der Waals surface area contributed by atoms with Crippen LogP contribution in [0.5, 0.6) is 11.5 Å². The molecule has 0 aliphatic rings. The van der Waals surface area contributed by atoms with E-state index in [0.717, 1.165) is 10.2 Å². The molecule has 7 heteroatoms. The smallest absolute Gasteiger partial charge is 0.226 e. The summed E-state index contributed by atoms with van der Waals surface area (Å²) >= 11 is 1.40. The lowest BCUT2D eigenvalue weighted by Crippen LogP contribution is -2.12. The quantitative estimate of drug-likeness (QED) is 0.640. The molecule has 1 N–H and O–H groups in total. The van der Waals surface area contributed by atoms with E-state index in [1.54, 1.807) is 19.2 Å². The normalized spacial score (nSPS) is 10.6. The molecule has 0 radical (unpaired) electrons. The van der Waals surface area contributed by atoms with Crippen LogP contribution < -0.4 is 14.8 Å². The summed E-state index contributed by atoms with van der Waals surface area (Å²) in [7, 11) is 1.59. The van der Waals surface area contributed by atoms with Gasteiger partial charge in [-0.3, -0.25) is 4.79 Å². The molecule has 2 aromatic carbocycles. The average molecular weight is 360 g/mol. The van der Waals surface area contributed by atoms with Crippen molar-refractivity contribution in [3.05, 3.63) is 48.3 Å². The van der Waals surface area contributed by atoms with Crippen LogP contribution in [-0.4, -0.2) is 24.6 Å². The summed E-state index contributed by atoms with van der Waals surface area (Å²) in [6.07, 6.45) is 0.818. The van der Waals surface area contributed by atoms with Gasteiger partial charge in [-0.2, -0.15) is 0 Å². The molecule has 0 atom stereocenters. The number of thiazole rings is 1. The fraction of sp³-hybridized carbons (Fsp3) is 0.222. The molecule has 3 rings (SSSR count). The summed E-state index contributed by atoms with van der Waals surface area (Å²) in [6, 6.07) is 11.6. The van der Waals surface area contributed by atoms with E-state index in [1.165, 1.54) is 23.5 Å². The number of carbonyl (C=O) groups excluding carboxylic acids is 1. The standard InChI is InChI=1S/C18H17FN2O3S/c1-23-14-7-3-8-15-17(14)21-18(25-15)20-16(22)9-4-10-24-13-6-2-5-12(19)11-13/h2-3,5-8,11H,4,9-10H2,1H3,(H,20,21,22). The van der Waals surface area contributed by atoms with Gasteiger partial charge in [0.15, 0.2) is 5.13 Å². The third kappa shape index (κ3) is 4.45. The molecule has 0 fully saturated rings. The lowest BCUT2D eigenvalue weighted by Gasteiger charge is -2.06. The number of methoxy groups -OCH3 is 1. The number of aromatic nitrogens is 1. The Balaban J connectivity index is 1.49. The molecule has 1 amide bonds. The molecule has 0 saturated heterocycles. The average Bonchev–Trinajstić information content (AvgIpc) is 3.01. The summed E-state index contributed by atoms with van der Waals surface area (Å²) in [5, 5.41) is 3.33. The minimum absolute atomic E-state index is 0.138. The van der Waals surface area contributed by atoms with Crippen LogP contribution in [0.15, 0.2) is 42.5 Å². The number of carbonyl (C=O) groups is 1. The highest BCUT2D eigenvalue weighted by molar-refractivity contribution is 7.22. The van der Waals surface area contributed by atoms with Crippen LogP contribution in [0.3, 0.4) is 0 Å². The number of amides is 1. The SMILES string of the molecule is COc1cccc2sc(NC(=O)CCCOc3cccc(F)c3)nc12. The fourth-order valence-corrected chi connectivity index (χ4v) is 3.20. The number of anilines is 1. The number of para-hydroxylation sites is 1.